The van der Waals surface area contributed by atoms with Gasteiger partial charge in [-0.15, -0.1) is 0 Å². The van der Waals surface area contributed by atoms with Gasteiger partial charge in [0.15, 0.2) is 0 Å². The van der Waals surface area contributed by atoms with Crippen molar-refractivity contribution in [2.45, 2.75) is 50.7 Å². The summed E-state index contributed by atoms with van der Waals surface area (Å²) in [7, 11) is 0. The number of hydrogen-bond acceptors (Lipinski definition) is 2. The molecule has 4 aliphatic carbocycles. The topological polar surface area (TPSA) is 26.0 Å². The molecule has 1 unspecified atom stereocenters. The molecular weight excluding hydrogens is 214 g/mol. The molecule has 4 bridgehead atoms. The van der Waals surface area contributed by atoms with E-state index in [1.807, 2.05) is 0 Å². The van der Waals surface area contributed by atoms with Crippen LogP contribution in [0.3, 0.4) is 0 Å². The number of thioether (sulfide) groups is 1. The molecule has 92 valence electrons. The lowest BCUT2D eigenvalue weighted by Gasteiger charge is -2.57. The van der Waals surface area contributed by atoms with Crippen LogP contribution in [0.5, 0.6) is 0 Å². The summed E-state index contributed by atoms with van der Waals surface area (Å²) in [6, 6.07) is 0. The minimum absolute atomic E-state index is 0.660. The average Bonchev–Trinajstić information content (AvgIpc) is 2.24. The van der Waals surface area contributed by atoms with Gasteiger partial charge < -0.3 is 5.73 Å². The van der Waals surface area contributed by atoms with E-state index in [4.69, 9.17) is 5.73 Å². The van der Waals surface area contributed by atoms with Crippen molar-refractivity contribution in [1.82, 2.24) is 0 Å². The van der Waals surface area contributed by atoms with Crippen LogP contribution in [0, 0.1) is 23.2 Å². The van der Waals surface area contributed by atoms with Gasteiger partial charge in [-0.05, 0) is 67.4 Å². The third-order valence-electron chi connectivity index (χ3n) is 5.17. The van der Waals surface area contributed by atoms with Crippen molar-refractivity contribution < 1.29 is 0 Å². The van der Waals surface area contributed by atoms with Gasteiger partial charge in [0.1, 0.15) is 0 Å². The molecule has 2 heteroatoms. The molecule has 4 saturated carbocycles. The van der Waals surface area contributed by atoms with Crippen LogP contribution in [0.2, 0.25) is 0 Å². The van der Waals surface area contributed by atoms with Crippen molar-refractivity contribution in [1.29, 1.82) is 0 Å². The van der Waals surface area contributed by atoms with Crippen molar-refractivity contribution in [2.75, 3.05) is 12.3 Å². The van der Waals surface area contributed by atoms with Crippen LogP contribution in [0.15, 0.2) is 0 Å². The van der Waals surface area contributed by atoms with Crippen molar-refractivity contribution in [3.63, 3.8) is 0 Å². The van der Waals surface area contributed by atoms with Crippen LogP contribution in [0.1, 0.15) is 45.4 Å². The monoisotopic (exact) mass is 239 g/mol. The Hall–Kier alpha value is 0.310. The zero-order valence-electron chi connectivity index (χ0n) is 10.5. The smallest absolute Gasteiger partial charge is 0.0142 e. The Bertz CT molecular complexity index is 228. The molecule has 0 spiro atoms. The van der Waals surface area contributed by atoms with E-state index in [-0.39, 0.29) is 0 Å². The average molecular weight is 239 g/mol. The molecule has 1 nitrogen and oxygen atoms in total. The van der Waals surface area contributed by atoms with Gasteiger partial charge in [-0.25, -0.2) is 0 Å². The highest BCUT2D eigenvalue weighted by atomic mass is 32.2. The summed E-state index contributed by atoms with van der Waals surface area (Å²) in [5, 5.41) is 0.660. The molecule has 4 rings (SSSR count). The van der Waals surface area contributed by atoms with Gasteiger partial charge in [0.2, 0.25) is 0 Å². The Kier molecular flexibility index (Phi) is 3.00. The highest BCUT2D eigenvalue weighted by Crippen LogP contribution is 2.60. The zero-order valence-corrected chi connectivity index (χ0v) is 11.3. The summed E-state index contributed by atoms with van der Waals surface area (Å²) >= 11 is 2.14. The summed E-state index contributed by atoms with van der Waals surface area (Å²) < 4.78 is 0. The molecule has 4 aliphatic rings. The normalized spacial score (nSPS) is 47.2. The Morgan fingerprint density at radius 1 is 1.12 bits per heavy atom. The van der Waals surface area contributed by atoms with Gasteiger partial charge in [0.25, 0.3) is 0 Å². The van der Waals surface area contributed by atoms with E-state index in [0.717, 1.165) is 29.7 Å². The first-order chi connectivity index (χ1) is 7.69. The van der Waals surface area contributed by atoms with E-state index in [1.165, 1.54) is 5.75 Å². The van der Waals surface area contributed by atoms with Crippen molar-refractivity contribution in [3.8, 4) is 0 Å². The molecule has 4 fully saturated rings. The fraction of sp³-hybridized carbons (Fsp3) is 1.00. The third-order valence-corrected chi connectivity index (χ3v) is 6.71. The van der Waals surface area contributed by atoms with Gasteiger partial charge in [0, 0.05) is 11.8 Å². The van der Waals surface area contributed by atoms with E-state index < -0.39 is 0 Å². The second-order valence-corrected chi connectivity index (χ2v) is 8.20. The van der Waals surface area contributed by atoms with Crippen LogP contribution < -0.4 is 5.73 Å². The highest BCUT2D eigenvalue weighted by Gasteiger charge is 2.50. The van der Waals surface area contributed by atoms with Crippen LogP contribution in [0.4, 0.5) is 0 Å². The van der Waals surface area contributed by atoms with Gasteiger partial charge in [-0.1, -0.05) is 6.92 Å². The Balaban J connectivity index is 1.64. The zero-order chi connectivity index (χ0) is 11.2. The summed E-state index contributed by atoms with van der Waals surface area (Å²) in [6.45, 7) is 3.13. The number of hydrogen-bond donors (Lipinski definition) is 1. The highest BCUT2D eigenvalue weighted by molar-refractivity contribution is 7.99. The minimum atomic E-state index is 0.660. The standard InChI is InChI=1S/C14H25NS/c1-10(8-15)16-9-14-5-11-2-12(6-14)4-13(3-11)7-14/h10-13H,2-9,15H2,1H3. The minimum Gasteiger partial charge on any atom is -0.329 e. The Labute approximate surface area is 104 Å². The molecular formula is C14H25NS. The van der Waals surface area contributed by atoms with Crippen LogP contribution in [0.25, 0.3) is 0 Å². The van der Waals surface area contributed by atoms with Crippen molar-refractivity contribution in [3.05, 3.63) is 0 Å². The van der Waals surface area contributed by atoms with Crippen molar-refractivity contribution in [2.24, 2.45) is 28.9 Å². The molecule has 16 heavy (non-hydrogen) atoms. The van der Waals surface area contributed by atoms with E-state index in [2.05, 4.69) is 18.7 Å². The molecule has 0 aromatic heterocycles. The number of nitrogens with two attached hydrogens (primary N) is 1. The second-order valence-electron chi connectivity index (χ2n) is 6.77. The van der Waals surface area contributed by atoms with E-state index in [0.29, 0.717) is 5.25 Å². The lowest BCUT2D eigenvalue weighted by atomic mass is 9.50. The molecule has 2 N–H and O–H groups in total. The maximum absolute atomic E-state index is 5.73. The quantitative estimate of drug-likeness (QED) is 0.815. The Morgan fingerprint density at radius 2 is 1.62 bits per heavy atom. The third kappa shape index (κ3) is 2.03. The predicted octanol–water partition coefficient (Wildman–Crippen LogP) is 3.28. The number of rotatable bonds is 4. The lowest BCUT2D eigenvalue weighted by Crippen LogP contribution is -2.47. The summed E-state index contributed by atoms with van der Waals surface area (Å²) in [4.78, 5) is 0. The van der Waals surface area contributed by atoms with E-state index in [1.54, 1.807) is 38.5 Å². The van der Waals surface area contributed by atoms with Crippen LogP contribution in [-0.2, 0) is 0 Å². The first kappa shape index (κ1) is 11.4. The molecule has 0 saturated heterocycles. The molecule has 1 atom stereocenters. The molecule has 0 aromatic carbocycles. The van der Waals surface area contributed by atoms with Gasteiger partial charge in [-0.3, -0.25) is 0 Å². The molecule has 0 aliphatic heterocycles. The maximum atomic E-state index is 5.73. The van der Waals surface area contributed by atoms with E-state index >= 15 is 0 Å². The Morgan fingerprint density at radius 3 is 2.06 bits per heavy atom. The van der Waals surface area contributed by atoms with Gasteiger partial charge >= 0.3 is 0 Å². The first-order valence-corrected chi connectivity index (χ1v) is 8.06. The molecule has 0 heterocycles. The second kappa shape index (κ2) is 4.20. The SMILES string of the molecule is CC(CN)SCC12CC3CC(CC(C3)C1)C2. The predicted molar refractivity (Wildman–Crippen MR) is 71.6 cm³/mol. The largest absolute Gasteiger partial charge is 0.329 e. The van der Waals surface area contributed by atoms with Crippen LogP contribution >= 0.6 is 11.8 Å². The van der Waals surface area contributed by atoms with E-state index in [9.17, 15) is 0 Å². The van der Waals surface area contributed by atoms with Gasteiger partial charge in [-0.2, -0.15) is 11.8 Å². The molecule has 0 amide bonds. The van der Waals surface area contributed by atoms with Crippen LogP contribution in [-0.4, -0.2) is 17.5 Å². The molecule has 0 aromatic rings. The van der Waals surface area contributed by atoms with Gasteiger partial charge in [0.05, 0.1) is 0 Å². The first-order valence-electron chi connectivity index (χ1n) is 7.01. The van der Waals surface area contributed by atoms with Crippen molar-refractivity contribution >= 4 is 11.8 Å². The summed E-state index contributed by atoms with van der Waals surface area (Å²) in [5.41, 5.74) is 6.47. The lowest BCUT2D eigenvalue weighted by molar-refractivity contribution is -0.0382. The fourth-order valence-electron chi connectivity index (χ4n) is 4.85. The summed E-state index contributed by atoms with van der Waals surface area (Å²) in [5.74, 6) is 4.69. The maximum Gasteiger partial charge on any atom is 0.0142 e. The fourth-order valence-corrected chi connectivity index (χ4v) is 5.98. The molecule has 0 radical (unpaired) electrons. The summed E-state index contributed by atoms with van der Waals surface area (Å²) in [6.07, 6.45) is 9.33.